The molecule has 0 radical (unpaired) electrons. The molecule has 2 rings (SSSR count). The highest BCUT2D eigenvalue weighted by atomic mass is 16.2. The number of nitrogens with zero attached hydrogens (tertiary/aromatic N) is 1. The minimum atomic E-state index is -0.990. The summed E-state index contributed by atoms with van der Waals surface area (Å²) in [6.45, 7) is 6.10. The van der Waals surface area contributed by atoms with E-state index in [4.69, 9.17) is 0 Å². The molecule has 0 aromatic carbocycles. The molecule has 2 amide bonds. The molecule has 0 spiro atoms. The first kappa shape index (κ1) is 12.0. The van der Waals surface area contributed by atoms with Crippen molar-refractivity contribution in [2.45, 2.75) is 26.3 Å². The lowest BCUT2D eigenvalue weighted by molar-refractivity contribution is -0.158. The number of hydrogen-bond acceptors (Lipinski definition) is 4. The van der Waals surface area contributed by atoms with Crippen LogP contribution in [-0.2, 0) is 14.4 Å². The number of ketones is 1. The Kier molecular flexibility index (Phi) is 2.47. The average molecular weight is 236 g/mol. The molecule has 2 aliphatic heterocycles. The SMILES string of the molecule is CC(C)(C)C(=O)C1(N2C(=O)C=CC2=O)CNC1. The van der Waals surface area contributed by atoms with Crippen LogP contribution in [0.1, 0.15) is 20.8 Å². The van der Waals surface area contributed by atoms with Crippen molar-refractivity contribution in [1.82, 2.24) is 10.2 Å². The second kappa shape index (κ2) is 3.50. The molecule has 0 aromatic heterocycles. The van der Waals surface area contributed by atoms with Gasteiger partial charge in [-0.1, -0.05) is 20.8 Å². The molecule has 17 heavy (non-hydrogen) atoms. The van der Waals surface area contributed by atoms with E-state index < -0.39 is 22.8 Å². The van der Waals surface area contributed by atoms with Gasteiger partial charge in [-0.25, -0.2) is 0 Å². The molecule has 0 saturated carbocycles. The molecule has 0 bridgehead atoms. The Bertz CT molecular complexity index is 410. The van der Waals surface area contributed by atoms with E-state index >= 15 is 0 Å². The number of nitrogens with one attached hydrogen (secondary N) is 1. The largest absolute Gasteiger partial charge is 0.311 e. The van der Waals surface area contributed by atoms with Crippen molar-refractivity contribution in [2.24, 2.45) is 5.41 Å². The highest BCUT2D eigenvalue weighted by Crippen LogP contribution is 2.32. The number of carbonyl (C=O) groups excluding carboxylic acids is 3. The maximum Gasteiger partial charge on any atom is 0.254 e. The van der Waals surface area contributed by atoms with Gasteiger partial charge in [-0.15, -0.1) is 0 Å². The van der Waals surface area contributed by atoms with E-state index in [0.29, 0.717) is 13.1 Å². The molecule has 1 fully saturated rings. The van der Waals surface area contributed by atoms with Crippen LogP contribution < -0.4 is 5.32 Å². The van der Waals surface area contributed by atoms with Crippen LogP contribution in [0.25, 0.3) is 0 Å². The highest BCUT2D eigenvalue weighted by Gasteiger charge is 2.56. The number of imide groups is 1. The van der Waals surface area contributed by atoms with Crippen molar-refractivity contribution in [3.8, 4) is 0 Å². The fourth-order valence-corrected chi connectivity index (χ4v) is 2.30. The maximum absolute atomic E-state index is 12.4. The van der Waals surface area contributed by atoms with Crippen molar-refractivity contribution in [3.05, 3.63) is 12.2 Å². The van der Waals surface area contributed by atoms with Crippen molar-refractivity contribution in [3.63, 3.8) is 0 Å². The summed E-state index contributed by atoms with van der Waals surface area (Å²) in [7, 11) is 0. The maximum atomic E-state index is 12.4. The summed E-state index contributed by atoms with van der Waals surface area (Å²) in [6, 6.07) is 0. The number of hydrogen-bond donors (Lipinski definition) is 1. The lowest BCUT2D eigenvalue weighted by atomic mass is 9.73. The number of Topliss-reactive ketones (excluding diaryl/α,β-unsaturated/α-hetero) is 1. The molecule has 1 saturated heterocycles. The second-order valence-electron chi connectivity index (χ2n) is 5.56. The average Bonchev–Trinajstić information content (AvgIpc) is 2.46. The van der Waals surface area contributed by atoms with Crippen LogP contribution in [0.3, 0.4) is 0 Å². The van der Waals surface area contributed by atoms with E-state index in [2.05, 4.69) is 5.32 Å². The quantitative estimate of drug-likeness (QED) is 0.678. The number of amides is 2. The van der Waals surface area contributed by atoms with Crippen LogP contribution in [0.15, 0.2) is 12.2 Å². The van der Waals surface area contributed by atoms with E-state index in [-0.39, 0.29) is 5.78 Å². The fourth-order valence-electron chi connectivity index (χ4n) is 2.30. The van der Waals surface area contributed by atoms with Crippen molar-refractivity contribution < 1.29 is 14.4 Å². The summed E-state index contributed by atoms with van der Waals surface area (Å²) in [6.07, 6.45) is 2.44. The van der Waals surface area contributed by atoms with Crippen molar-refractivity contribution in [2.75, 3.05) is 13.1 Å². The zero-order valence-corrected chi connectivity index (χ0v) is 10.2. The Balaban J connectivity index is 2.36. The minimum absolute atomic E-state index is 0.0749. The molecule has 2 heterocycles. The fraction of sp³-hybridized carbons (Fsp3) is 0.583. The topological polar surface area (TPSA) is 66.5 Å². The summed E-state index contributed by atoms with van der Waals surface area (Å²) in [4.78, 5) is 36.9. The van der Waals surface area contributed by atoms with Gasteiger partial charge in [0.15, 0.2) is 5.78 Å². The van der Waals surface area contributed by atoms with E-state index in [1.54, 1.807) is 20.8 Å². The molecular weight excluding hydrogens is 220 g/mol. The van der Waals surface area contributed by atoms with Gasteiger partial charge >= 0.3 is 0 Å². The van der Waals surface area contributed by atoms with Gasteiger partial charge in [0.2, 0.25) is 0 Å². The molecule has 0 aromatic rings. The molecule has 2 aliphatic rings. The van der Waals surface area contributed by atoms with Gasteiger partial charge in [-0.2, -0.15) is 0 Å². The van der Waals surface area contributed by atoms with Gasteiger partial charge in [0, 0.05) is 30.7 Å². The van der Waals surface area contributed by atoms with Gasteiger partial charge in [-0.05, 0) is 0 Å². The highest BCUT2D eigenvalue weighted by molar-refractivity contribution is 6.17. The van der Waals surface area contributed by atoms with E-state index in [1.165, 1.54) is 12.2 Å². The Morgan fingerprint density at radius 2 is 1.71 bits per heavy atom. The lowest BCUT2D eigenvalue weighted by Gasteiger charge is -2.48. The molecule has 0 atom stereocenters. The van der Waals surface area contributed by atoms with Gasteiger partial charge in [0.05, 0.1) is 0 Å². The lowest BCUT2D eigenvalue weighted by Crippen LogP contribution is -2.75. The van der Waals surface area contributed by atoms with E-state index in [0.717, 1.165) is 4.90 Å². The first-order valence-corrected chi connectivity index (χ1v) is 5.61. The summed E-state index contributed by atoms with van der Waals surface area (Å²) >= 11 is 0. The van der Waals surface area contributed by atoms with Crippen LogP contribution in [0.4, 0.5) is 0 Å². The molecule has 1 N–H and O–H groups in total. The van der Waals surface area contributed by atoms with Gasteiger partial charge in [0.25, 0.3) is 11.8 Å². The van der Waals surface area contributed by atoms with Crippen molar-refractivity contribution >= 4 is 17.6 Å². The smallest absolute Gasteiger partial charge is 0.254 e. The predicted molar refractivity (Wildman–Crippen MR) is 61.1 cm³/mol. The normalized spacial score (nSPS) is 22.9. The van der Waals surface area contributed by atoms with Crippen LogP contribution in [0.5, 0.6) is 0 Å². The molecular formula is C12H16N2O3. The van der Waals surface area contributed by atoms with Gasteiger partial charge in [-0.3, -0.25) is 19.3 Å². The van der Waals surface area contributed by atoms with Gasteiger partial charge in [0.1, 0.15) is 5.54 Å². The monoisotopic (exact) mass is 236 g/mol. The van der Waals surface area contributed by atoms with Crippen LogP contribution >= 0.6 is 0 Å². The predicted octanol–water partition coefficient (Wildman–Crippen LogP) is -0.131. The third-order valence-electron chi connectivity index (χ3n) is 3.18. The zero-order valence-electron chi connectivity index (χ0n) is 10.2. The first-order valence-electron chi connectivity index (χ1n) is 5.61. The molecule has 0 unspecified atom stereocenters. The standard InChI is InChI=1S/C12H16N2O3/c1-11(2,3)10(17)12(6-13-7-12)14-8(15)4-5-9(14)16/h4-5,13H,6-7H2,1-3H3. The van der Waals surface area contributed by atoms with Crippen LogP contribution in [-0.4, -0.2) is 41.1 Å². The molecule has 5 nitrogen and oxygen atoms in total. The Morgan fingerprint density at radius 3 is 2.00 bits per heavy atom. The zero-order chi connectivity index (χ0) is 12.8. The third-order valence-corrected chi connectivity index (χ3v) is 3.18. The van der Waals surface area contributed by atoms with Gasteiger partial charge < -0.3 is 5.32 Å². The first-order chi connectivity index (χ1) is 7.79. The molecule has 92 valence electrons. The minimum Gasteiger partial charge on any atom is -0.311 e. The Hall–Kier alpha value is -1.49. The molecule has 5 heteroatoms. The number of rotatable bonds is 2. The third kappa shape index (κ3) is 1.61. The second-order valence-corrected chi connectivity index (χ2v) is 5.56. The summed E-state index contributed by atoms with van der Waals surface area (Å²) in [5, 5.41) is 2.98. The summed E-state index contributed by atoms with van der Waals surface area (Å²) in [5.74, 6) is -0.864. The number of carbonyl (C=O) groups is 3. The van der Waals surface area contributed by atoms with Crippen LogP contribution in [0.2, 0.25) is 0 Å². The Labute approximate surface area is 99.8 Å². The van der Waals surface area contributed by atoms with E-state index in [9.17, 15) is 14.4 Å². The van der Waals surface area contributed by atoms with Crippen LogP contribution in [0, 0.1) is 5.41 Å². The summed E-state index contributed by atoms with van der Waals surface area (Å²) < 4.78 is 0. The van der Waals surface area contributed by atoms with Crippen molar-refractivity contribution in [1.29, 1.82) is 0 Å². The summed E-state index contributed by atoms with van der Waals surface area (Å²) in [5.41, 5.74) is -1.57. The van der Waals surface area contributed by atoms with E-state index in [1.807, 2.05) is 0 Å². The molecule has 0 aliphatic carbocycles. The Morgan fingerprint density at radius 1 is 1.24 bits per heavy atom.